The lowest BCUT2D eigenvalue weighted by Gasteiger charge is -2.04. The van der Waals surface area contributed by atoms with Gasteiger partial charge >= 0.3 is 0 Å². The summed E-state index contributed by atoms with van der Waals surface area (Å²) in [6.07, 6.45) is 0. The number of rotatable bonds is 3. The fourth-order valence-corrected chi connectivity index (χ4v) is 2.02. The van der Waals surface area contributed by atoms with Crippen LogP contribution >= 0.6 is 0 Å². The van der Waals surface area contributed by atoms with Gasteiger partial charge in [-0.3, -0.25) is 10.1 Å². The molecule has 106 valence electrons. The molecule has 8 heteroatoms. The number of aromatic nitrogens is 4. The Bertz CT molecular complexity index is 826. The molecule has 0 saturated heterocycles. The molecular weight excluding hydrogens is 272 g/mol. The maximum atomic E-state index is 10.8. The molecule has 2 heterocycles. The van der Waals surface area contributed by atoms with Crippen molar-refractivity contribution in [2.45, 2.75) is 13.0 Å². The van der Waals surface area contributed by atoms with E-state index in [2.05, 4.69) is 15.3 Å². The Morgan fingerprint density at radius 2 is 2.10 bits per heavy atom. The number of benzene rings is 1. The molecular formula is C13H12N6O2. The van der Waals surface area contributed by atoms with E-state index in [9.17, 15) is 10.1 Å². The first-order chi connectivity index (χ1) is 10.1. The molecule has 2 N–H and O–H groups in total. The average Bonchev–Trinajstić information content (AvgIpc) is 2.90. The zero-order chi connectivity index (χ0) is 15.0. The SMILES string of the molecule is CC(N)c1nnc2ccc(-c3cccc([N+](=O)[O-])c3)nn12. The van der Waals surface area contributed by atoms with Crippen LogP contribution in [-0.2, 0) is 0 Å². The van der Waals surface area contributed by atoms with E-state index in [1.54, 1.807) is 35.7 Å². The molecule has 3 aromatic rings. The summed E-state index contributed by atoms with van der Waals surface area (Å²) in [5.74, 6) is 0.539. The highest BCUT2D eigenvalue weighted by Crippen LogP contribution is 2.22. The van der Waals surface area contributed by atoms with Crippen LogP contribution in [0, 0.1) is 10.1 Å². The summed E-state index contributed by atoms with van der Waals surface area (Å²) in [5.41, 5.74) is 7.66. The molecule has 1 unspecified atom stereocenters. The van der Waals surface area contributed by atoms with E-state index in [-0.39, 0.29) is 11.7 Å². The van der Waals surface area contributed by atoms with E-state index in [1.165, 1.54) is 12.1 Å². The number of hydrogen-bond acceptors (Lipinski definition) is 6. The smallest absolute Gasteiger partial charge is 0.270 e. The zero-order valence-corrected chi connectivity index (χ0v) is 11.2. The van der Waals surface area contributed by atoms with Crippen LogP contribution < -0.4 is 5.73 Å². The van der Waals surface area contributed by atoms with Gasteiger partial charge in [-0.1, -0.05) is 12.1 Å². The number of non-ortho nitro benzene ring substituents is 1. The molecule has 0 aliphatic rings. The van der Waals surface area contributed by atoms with Crippen molar-refractivity contribution in [2.75, 3.05) is 0 Å². The number of fused-ring (bicyclic) bond motifs is 1. The van der Waals surface area contributed by atoms with Crippen molar-refractivity contribution >= 4 is 11.3 Å². The summed E-state index contributed by atoms with van der Waals surface area (Å²) in [5, 5.41) is 23.2. The highest BCUT2D eigenvalue weighted by Gasteiger charge is 2.13. The van der Waals surface area contributed by atoms with Gasteiger partial charge in [0.1, 0.15) is 0 Å². The van der Waals surface area contributed by atoms with Crippen molar-refractivity contribution in [3.05, 3.63) is 52.3 Å². The molecule has 0 aliphatic heterocycles. The molecule has 3 rings (SSSR count). The second-order valence-corrected chi connectivity index (χ2v) is 4.64. The Balaban J connectivity index is 2.14. The van der Waals surface area contributed by atoms with Gasteiger partial charge in [0.05, 0.1) is 16.7 Å². The molecule has 0 spiro atoms. The quantitative estimate of drug-likeness (QED) is 0.578. The van der Waals surface area contributed by atoms with Gasteiger partial charge < -0.3 is 5.73 Å². The second kappa shape index (κ2) is 4.91. The van der Waals surface area contributed by atoms with Crippen LogP contribution in [0.2, 0.25) is 0 Å². The van der Waals surface area contributed by atoms with E-state index in [0.29, 0.717) is 22.7 Å². The Morgan fingerprint density at radius 1 is 1.29 bits per heavy atom. The van der Waals surface area contributed by atoms with Gasteiger partial charge in [0.2, 0.25) is 0 Å². The lowest BCUT2D eigenvalue weighted by atomic mass is 10.1. The van der Waals surface area contributed by atoms with Crippen molar-refractivity contribution in [3.8, 4) is 11.3 Å². The number of nitro benzene ring substituents is 1. The van der Waals surface area contributed by atoms with Crippen LogP contribution in [0.15, 0.2) is 36.4 Å². The third-order valence-electron chi connectivity index (χ3n) is 3.05. The van der Waals surface area contributed by atoms with Crippen molar-refractivity contribution < 1.29 is 4.92 Å². The molecule has 0 fully saturated rings. The first-order valence-corrected chi connectivity index (χ1v) is 6.29. The van der Waals surface area contributed by atoms with E-state index in [1.807, 2.05) is 0 Å². The number of nitrogens with zero attached hydrogens (tertiary/aromatic N) is 5. The van der Waals surface area contributed by atoms with Crippen molar-refractivity contribution in [3.63, 3.8) is 0 Å². The summed E-state index contributed by atoms with van der Waals surface area (Å²) in [6, 6.07) is 9.48. The molecule has 0 saturated carbocycles. The highest BCUT2D eigenvalue weighted by atomic mass is 16.6. The molecule has 0 radical (unpaired) electrons. The molecule has 21 heavy (non-hydrogen) atoms. The minimum absolute atomic E-state index is 0.0190. The van der Waals surface area contributed by atoms with E-state index < -0.39 is 4.92 Å². The minimum Gasteiger partial charge on any atom is -0.321 e. The van der Waals surface area contributed by atoms with Crippen molar-refractivity contribution in [2.24, 2.45) is 5.73 Å². The highest BCUT2D eigenvalue weighted by molar-refractivity contribution is 5.63. The molecule has 0 aliphatic carbocycles. The monoisotopic (exact) mass is 284 g/mol. The maximum Gasteiger partial charge on any atom is 0.270 e. The van der Waals surface area contributed by atoms with E-state index in [0.717, 1.165) is 0 Å². The third-order valence-corrected chi connectivity index (χ3v) is 3.05. The molecule has 0 amide bonds. The van der Waals surface area contributed by atoms with Gasteiger partial charge in [0.25, 0.3) is 5.69 Å². The van der Waals surface area contributed by atoms with Gasteiger partial charge in [-0.05, 0) is 19.1 Å². The van der Waals surface area contributed by atoms with E-state index in [4.69, 9.17) is 5.73 Å². The normalized spacial score (nSPS) is 12.5. The maximum absolute atomic E-state index is 10.8. The van der Waals surface area contributed by atoms with Crippen LogP contribution in [0.1, 0.15) is 18.8 Å². The molecule has 1 aromatic carbocycles. The predicted octanol–water partition coefficient (Wildman–Crippen LogP) is 1.72. The summed E-state index contributed by atoms with van der Waals surface area (Å²) in [7, 11) is 0. The number of hydrogen-bond donors (Lipinski definition) is 1. The Labute approximate surface area is 119 Å². The van der Waals surface area contributed by atoms with Crippen molar-refractivity contribution in [1.82, 2.24) is 19.8 Å². The lowest BCUT2D eigenvalue weighted by Crippen LogP contribution is -2.11. The van der Waals surface area contributed by atoms with Gasteiger partial charge in [-0.2, -0.15) is 9.61 Å². The van der Waals surface area contributed by atoms with Crippen LogP contribution in [0.3, 0.4) is 0 Å². The topological polar surface area (TPSA) is 112 Å². The van der Waals surface area contributed by atoms with E-state index >= 15 is 0 Å². The second-order valence-electron chi connectivity index (χ2n) is 4.64. The molecule has 1 atom stereocenters. The van der Waals surface area contributed by atoms with Crippen LogP contribution in [0.5, 0.6) is 0 Å². The Hall–Kier alpha value is -2.87. The van der Waals surface area contributed by atoms with Crippen molar-refractivity contribution in [1.29, 1.82) is 0 Å². The van der Waals surface area contributed by atoms with Crippen LogP contribution in [0.4, 0.5) is 5.69 Å². The van der Waals surface area contributed by atoms with Gasteiger partial charge in [0, 0.05) is 17.7 Å². The minimum atomic E-state index is -0.436. The summed E-state index contributed by atoms with van der Waals surface area (Å²) in [6.45, 7) is 1.79. The van der Waals surface area contributed by atoms with Crippen LogP contribution in [0.25, 0.3) is 16.9 Å². The standard InChI is InChI=1S/C13H12N6O2/c1-8(14)13-16-15-12-6-5-11(17-18(12)13)9-3-2-4-10(7-9)19(20)21/h2-8H,14H2,1H3. The average molecular weight is 284 g/mol. The zero-order valence-electron chi connectivity index (χ0n) is 11.2. The molecule has 8 nitrogen and oxygen atoms in total. The Kier molecular flexibility index (Phi) is 3.07. The first kappa shape index (κ1) is 13.1. The Morgan fingerprint density at radius 3 is 2.81 bits per heavy atom. The predicted molar refractivity (Wildman–Crippen MR) is 75.5 cm³/mol. The molecule has 2 aromatic heterocycles. The largest absolute Gasteiger partial charge is 0.321 e. The van der Waals surface area contributed by atoms with Crippen LogP contribution in [-0.4, -0.2) is 24.7 Å². The first-order valence-electron chi connectivity index (χ1n) is 6.29. The van der Waals surface area contributed by atoms with Gasteiger partial charge in [0.15, 0.2) is 11.5 Å². The fraction of sp³-hybridized carbons (Fsp3) is 0.154. The summed E-state index contributed by atoms with van der Waals surface area (Å²) >= 11 is 0. The fourth-order valence-electron chi connectivity index (χ4n) is 2.02. The number of nitrogens with two attached hydrogens (primary N) is 1. The summed E-state index contributed by atoms with van der Waals surface area (Å²) in [4.78, 5) is 10.4. The number of nitro groups is 1. The summed E-state index contributed by atoms with van der Waals surface area (Å²) < 4.78 is 1.55. The third kappa shape index (κ3) is 2.32. The molecule has 0 bridgehead atoms. The lowest BCUT2D eigenvalue weighted by molar-refractivity contribution is -0.384. The van der Waals surface area contributed by atoms with Gasteiger partial charge in [-0.25, -0.2) is 0 Å². The van der Waals surface area contributed by atoms with Gasteiger partial charge in [-0.15, -0.1) is 10.2 Å².